The predicted octanol–water partition coefficient (Wildman–Crippen LogP) is 2.83. The molecule has 1 aliphatic carbocycles. The Morgan fingerprint density at radius 3 is 2.38 bits per heavy atom. The van der Waals surface area contributed by atoms with Gasteiger partial charge in [-0.3, -0.25) is 14.8 Å². The highest BCUT2D eigenvalue weighted by atomic mass is 16.6. The fourth-order valence-electron chi connectivity index (χ4n) is 5.04. The Labute approximate surface area is 188 Å². The fourth-order valence-corrected chi connectivity index (χ4v) is 5.04. The lowest BCUT2D eigenvalue weighted by Gasteiger charge is -2.37. The smallest absolute Gasteiger partial charge is 0.410 e. The van der Waals surface area contributed by atoms with Gasteiger partial charge in [0.15, 0.2) is 0 Å². The van der Waals surface area contributed by atoms with E-state index in [-0.39, 0.29) is 18.4 Å². The molecule has 4 rings (SSSR count). The Bertz CT molecular complexity index is 866. The van der Waals surface area contributed by atoms with E-state index in [4.69, 9.17) is 4.74 Å². The molecule has 32 heavy (non-hydrogen) atoms. The second-order valence-electron chi connectivity index (χ2n) is 8.83. The van der Waals surface area contributed by atoms with Gasteiger partial charge in [-0.05, 0) is 49.7 Å². The van der Waals surface area contributed by atoms with E-state index in [1.54, 1.807) is 15.3 Å². The zero-order valence-corrected chi connectivity index (χ0v) is 18.2. The highest BCUT2D eigenvalue weighted by Gasteiger charge is 2.42. The molecule has 0 unspecified atom stereocenters. The van der Waals surface area contributed by atoms with Crippen LogP contribution in [0.2, 0.25) is 0 Å². The third-order valence-electron chi connectivity index (χ3n) is 6.86. The predicted molar refractivity (Wildman–Crippen MR) is 117 cm³/mol. The Kier molecular flexibility index (Phi) is 7.09. The Hall–Kier alpha value is -2.87. The summed E-state index contributed by atoms with van der Waals surface area (Å²) in [5.74, 6) is -1.93. The van der Waals surface area contributed by atoms with Crippen LogP contribution in [0, 0.1) is 11.8 Å². The van der Waals surface area contributed by atoms with Crippen LogP contribution >= 0.6 is 0 Å². The molecule has 0 spiro atoms. The molecule has 0 aromatic heterocycles. The van der Waals surface area contributed by atoms with E-state index in [2.05, 4.69) is 18.2 Å². The average molecular weight is 442 g/mol. The normalized spacial score (nSPS) is 25.8. The van der Waals surface area contributed by atoms with E-state index in [0.717, 1.165) is 24.8 Å². The van der Waals surface area contributed by atoms with Crippen LogP contribution < -0.4 is 5.48 Å². The summed E-state index contributed by atoms with van der Waals surface area (Å²) in [6.45, 7) is 2.48. The summed E-state index contributed by atoms with van der Waals surface area (Å²) in [6, 6.07) is 10.1. The average Bonchev–Trinajstić information content (AvgIpc) is 3.39. The number of hydrogen-bond acceptors (Lipinski definition) is 5. The summed E-state index contributed by atoms with van der Waals surface area (Å²) in [4.78, 5) is 41.5. The zero-order valence-electron chi connectivity index (χ0n) is 18.2. The maximum atomic E-state index is 13.3. The minimum atomic E-state index is -0.725. The molecule has 2 N–H and O–H groups in total. The monoisotopic (exact) mass is 441 g/mol. The number of nitrogens with zero attached hydrogens (tertiary/aromatic N) is 2. The number of carbonyl (C=O) groups is 3. The molecule has 1 aromatic rings. The van der Waals surface area contributed by atoms with Gasteiger partial charge < -0.3 is 14.5 Å². The van der Waals surface area contributed by atoms with E-state index < -0.39 is 23.8 Å². The van der Waals surface area contributed by atoms with Crippen molar-refractivity contribution >= 4 is 23.5 Å². The number of rotatable bonds is 4. The molecule has 172 valence electrons. The maximum Gasteiger partial charge on any atom is 0.410 e. The van der Waals surface area contributed by atoms with Crippen molar-refractivity contribution in [1.29, 1.82) is 0 Å². The summed E-state index contributed by atoms with van der Waals surface area (Å²) in [7, 11) is 0. The third-order valence-corrected chi connectivity index (χ3v) is 6.86. The summed E-state index contributed by atoms with van der Waals surface area (Å²) < 4.78 is 5.63. The first-order valence-corrected chi connectivity index (χ1v) is 11.5. The van der Waals surface area contributed by atoms with E-state index >= 15 is 0 Å². The molecule has 3 atom stereocenters. The molecule has 2 aliphatic heterocycles. The second kappa shape index (κ2) is 10.2. The lowest BCUT2D eigenvalue weighted by Crippen LogP contribution is -2.48. The van der Waals surface area contributed by atoms with E-state index in [1.807, 2.05) is 18.2 Å². The largest absolute Gasteiger partial charge is 0.446 e. The first-order valence-electron chi connectivity index (χ1n) is 11.5. The molecule has 1 saturated heterocycles. The van der Waals surface area contributed by atoms with Crippen LogP contribution in [0.1, 0.15) is 44.1 Å². The van der Waals surface area contributed by atoms with Crippen molar-refractivity contribution in [2.24, 2.45) is 11.8 Å². The van der Waals surface area contributed by atoms with Gasteiger partial charge in [-0.15, -0.1) is 0 Å². The number of carbonyl (C=O) groups excluding carboxylic acids is 3. The molecule has 2 heterocycles. The van der Waals surface area contributed by atoms with Crippen molar-refractivity contribution in [3.8, 4) is 0 Å². The van der Waals surface area contributed by atoms with Gasteiger partial charge in [-0.1, -0.05) is 36.4 Å². The van der Waals surface area contributed by atoms with Gasteiger partial charge >= 0.3 is 6.09 Å². The van der Waals surface area contributed by atoms with Gasteiger partial charge in [0.25, 0.3) is 0 Å². The standard InChI is InChI=1S/C24H31N3O5/c28-22(25-31)21-16-19(32-24(30)27-12-4-5-13-27)8-9-20(21)23(29)26-14-10-18(11-15-26)17-6-2-1-3-7-17/h1-3,6-7,10,19-21,31H,4-5,8-9,11-16H2,(H,25,28)/t19-,20+,21+/m1/s1. The quantitative estimate of drug-likeness (QED) is 0.553. The van der Waals surface area contributed by atoms with Gasteiger partial charge in [-0.2, -0.15) is 0 Å². The number of hydroxylamine groups is 1. The molecular formula is C24H31N3O5. The number of ether oxygens (including phenoxy) is 1. The SMILES string of the molecule is O=C(NO)[C@H]1C[C@H](OC(=O)N2CCCC2)CC[C@@H]1C(=O)N1CC=C(c2ccccc2)CC1. The summed E-state index contributed by atoms with van der Waals surface area (Å²) >= 11 is 0. The van der Waals surface area contributed by atoms with Gasteiger partial charge in [0.1, 0.15) is 6.10 Å². The first kappa shape index (κ1) is 22.3. The minimum absolute atomic E-state index is 0.0775. The maximum absolute atomic E-state index is 13.3. The van der Waals surface area contributed by atoms with Crippen LogP contribution in [0.4, 0.5) is 4.79 Å². The molecule has 8 nitrogen and oxygen atoms in total. The molecule has 3 aliphatic rings. The van der Waals surface area contributed by atoms with Gasteiger partial charge in [0.05, 0.1) is 11.8 Å². The topological polar surface area (TPSA) is 99.2 Å². The highest BCUT2D eigenvalue weighted by molar-refractivity contribution is 5.88. The van der Waals surface area contributed by atoms with Crippen LogP contribution in [-0.4, -0.2) is 65.2 Å². The zero-order chi connectivity index (χ0) is 22.5. The molecule has 1 aromatic carbocycles. The Morgan fingerprint density at radius 2 is 1.72 bits per heavy atom. The number of likely N-dealkylation sites (tertiary alicyclic amines) is 1. The van der Waals surface area contributed by atoms with Crippen molar-refractivity contribution < 1.29 is 24.3 Å². The van der Waals surface area contributed by atoms with Crippen molar-refractivity contribution in [3.63, 3.8) is 0 Å². The lowest BCUT2D eigenvalue weighted by molar-refractivity contribution is -0.149. The third kappa shape index (κ3) is 4.96. The number of amides is 3. The molecule has 3 amide bonds. The van der Waals surface area contributed by atoms with Crippen molar-refractivity contribution in [2.75, 3.05) is 26.2 Å². The van der Waals surface area contributed by atoms with Gasteiger partial charge in [0, 0.05) is 26.2 Å². The van der Waals surface area contributed by atoms with Crippen LogP contribution in [0.25, 0.3) is 5.57 Å². The van der Waals surface area contributed by atoms with E-state index in [1.165, 1.54) is 5.57 Å². The van der Waals surface area contributed by atoms with Crippen molar-refractivity contribution in [3.05, 3.63) is 42.0 Å². The number of nitrogens with one attached hydrogen (secondary N) is 1. The van der Waals surface area contributed by atoms with Crippen LogP contribution in [-0.2, 0) is 14.3 Å². The van der Waals surface area contributed by atoms with E-state index in [9.17, 15) is 19.6 Å². The number of benzene rings is 1. The summed E-state index contributed by atoms with van der Waals surface area (Å²) in [5.41, 5.74) is 4.09. The van der Waals surface area contributed by atoms with E-state index in [0.29, 0.717) is 39.0 Å². The molecular weight excluding hydrogens is 410 g/mol. The fraction of sp³-hybridized carbons (Fsp3) is 0.542. The Morgan fingerprint density at radius 1 is 0.969 bits per heavy atom. The van der Waals surface area contributed by atoms with Crippen LogP contribution in [0.15, 0.2) is 36.4 Å². The molecule has 0 bridgehead atoms. The minimum Gasteiger partial charge on any atom is -0.446 e. The first-order chi connectivity index (χ1) is 15.6. The Balaban J connectivity index is 1.38. The molecule has 2 fully saturated rings. The molecule has 8 heteroatoms. The summed E-state index contributed by atoms with van der Waals surface area (Å²) in [6.07, 6.45) is 5.21. The lowest BCUT2D eigenvalue weighted by atomic mass is 9.76. The number of hydrogen-bond donors (Lipinski definition) is 2. The van der Waals surface area contributed by atoms with Crippen LogP contribution in [0.3, 0.4) is 0 Å². The van der Waals surface area contributed by atoms with Crippen molar-refractivity contribution in [2.45, 2.75) is 44.6 Å². The molecule has 1 saturated carbocycles. The van der Waals surface area contributed by atoms with Gasteiger partial charge in [-0.25, -0.2) is 10.3 Å². The molecule has 0 radical (unpaired) electrons. The highest BCUT2D eigenvalue weighted by Crippen LogP contribution is 2.35. The van der Waals surface area contributed by atoms with Gasteiger partial charge in [0.2, 0.25) is 11.8 Å². The van der Waals surface area contributed by atoms with Crippen molar-refractivity contribution in [1.82, 2.24) is 15.3 Å². The second-order valence-corrected chi connectivity index (χ2v) is 8.83. The summed E-state index contributed by atoms with van der Waals surface area (Å²) in [5, 5.41) is 9.25. The van der Waals surface area contributed by atoms with Crippen LogP contribution in [0.5, 0.6) is 0 Å².